The molecule has 20 heavy (non-hydrogen) atoms. The normalized spacial score (nSPS) is 14.6. The topological polar surface area (TPSA) is 75.1 Å². The lowest BCUT2D eigenvalue weighted by atomic mass is 9.81. The maximum absolute atomic E-state index is 10.8. The molecule has 0 atom stereocenters. The van der Waals surface area contributed by atoms with Crippen molar-refractivity contribution >= 4 is 17.6 Å². The zero-order valence-electron chi connectivity index (χ0n) is 10.9. The Labute approximate surface area is 116 Å². The molecule has 1 aromatic heterocycles. The number of rotatable bonds is 4. The number of carbonyl (C=O) groups is 1. The SMILES string of the molecule is O=C(O)c1ccc(Nc2ncc(C3CCC3)cn2)cc1. The van der Waals surface area contributed by atoms with Crippen molar-refractivity contribution < 1.29 is 9.90 Å². The quantitative estimate of drug-likeness (QED) is 0.891. The Kier molecular flexibility index (Phi) is 3.33. The summed E-state index contributed by atoms with van der Waals surface area (Å²) in [6, 6.07) is 6.50. The highest BCUT2D eigenvalue weighted by Crippen LogP contribution is 2.35. The maximum Gasteiger partial charge on any atom is 0.335 e. The number of carboxylic acids is 1. The number of aromatic nitrogens is 2. The van der Waals surface area contributed by atoms with Crippen molar-refractivity contribution in [2.45, 2.75) is 25.2 Å². The molecule has 0 unspecified atom stereocenters. The van der Waals surface area contributed by atoms with E-state index < -0.39 is 5.97 Å². The molecule has 1 heterocycles. The van der Waals surface area contributed by atoms with Crippen LogP contribution in [0, 0.1) is 0 Å². The third-order valence-corrected chi connectivity index (χ3v) is 3.64. The molecule has 1 aliphatic carbocycles. The second kappa shape index (κ2) is 5.28. The van der Waals surface area contributed by atoms with Gasteiger partial charge in [-0.3, -0.25) is 0 Å². The lowest BCUT2D eigenvalue weighted by Crippen LogP contribution is -2.10. The average molecular weight is 269 g/mol. The van der Waals surface area contributed by atoms with Crippen LogP contribution in [0.3, 0.4) is 0 Å². The first-order valence-corrected chi connectivity index (χ1v) is 6.65. The van der Waals surface area contributed by atoms with Crippen LogP contribution in [0.5, 0.6) is 0 Å². The van der Waals surface area contributed by atoms with Crippen molar-refractivity contribution in [3.8, 4) is 0 Å². The highest BCUT2D eigenvalue weighted by Gasteiger charge is 2.19. The fourth-order valence-corrected chi connectivity index (χ4v) is 2.18. The number of nitrogens with one attached hydrogen (secondary N) is 1. The highest BCUT2D eigenvalue weighted by molar-refractivity contribution is 5.88. The van der Waals surface area contributed by atoms with Crippen LogP contribution in [-0.4, -0.2) is 21.0 Å². The summed E-state index contributed by atoms with van der Waals surface area (Å²) in [5, 5.41) is 11.9. The maximum atomic E-state index is 10.8. The Hall–Kier alpha value is -2.43. The van der Waals surface area contributed by atoms with E-state index in [0.717, 1.165) is 5.69 Å². The van der Waals surface area contributed by atoms with E-state index in [4.69, 9.17) is 5.11 Å². The molecular weight excluding hydrogens is 254 g/mol. The number of anilines is 2. The molecule has 1 aliphatic rings. The van der Waals surface area contributed by atoms with Gasteiger partial charge in [0, 0.05) is 18.1 Å². The van der Waals surface area contributed by atoms with Gasteiger partial charge < -0.3 is 10.4 Å². The summed E-state index contributed by atoms with van der Waals surface area (Å²) in [4.78, 5) is 19.4. The second-order valence-corrected chi connectivity index (χ2v) is 4.98. The van der Waals surface area contributed by atoms with Gasteiger partial charge in [0.15, 0.2) is 0 Å². The summed E-state index contributed by atoms with van der Waals surface area (Å²) in [5.41, 5.74) is 2.23. The van der Waals surface area contributed by atoms with Crippen LogP contribution >= 0.6 is 0 Å². The molecule has 0 amide bonds. The van der Waals surface area contributed by atoms with Crippen molar-refractivity contribution in [1.82, 2.24) is 9.97 Å². The zero-order valence-corrected chi connectivity index (χ0v) is 10.9. The Balaban J connectivity index is 1.68. The Morgan fingerprint density at radius 2 is 1.80 bits per heavy atom. The molecule has 0 radical (unpaired) electrons. The number of nitrogens with zero attached hydrogens (tertiary/aromatic N) is 2. The van der Waals surface area contributed by atoms with Gasteiger partial charge in [-0.25, -0.2) is 14.8 Å². The van der Waals surface area contributed by atoms with Gasteiger partial charge in [0.2, 0.25) is 5.95 Å². The van der Waals surface area contributed by atoms with E-state index in [1.807, 2.05) is 12.4 Å². The predicted octanol–water partition coefficient (Wildman–Crippen LogP) is 3.19. The van der Waals surface area contributed by atoms with Gasteiger partial charge in [-0.1, -0.05) is 6.42 Å². The molecule has 5 nitrogen and oxygen atoms in total. The first kappa shape index (κ1) is 12.6. The number of hydrogen-bond donors (Lipinski definition) is 2. The standard InChI is InChI=1S/C15H15N3O2/c19-14(20)11-4-6-13(7-5-11)18-15-16-8-12(9-17-15)10-2-1-3-10/h4-10H,1-3H2,(H,19,20)(H,16,17,18). The van der Waals surface area contributed by atoms with Crippen LogP contribution in [0.15, 0.2) is 36.7 Å². The summed E-state index contributed by atoms with van der Waals surface area (Å²) in [7, 11) is 0. The minimum absolute atomic E-state index is 0.261. The monoisotopic (exact) mass is 269 g/mol. The smallest absolute Gasteiger partial charge is 0.335 e. The van der Waals surface area contributed by atoms with Gasteiger partial charge in [-0.15, -0.1) is 0 Å². The van der Waals surface area contributed by atoms with Crippen molar-refractivity contribution in [3.63, 3.8) is 0 Å². The molecule has 2 aromatic rings. The number of hydrogen-bond acceptors (Lipinski definition) is 4. The summed E-state index contributed by atoms with van der Waals surface area (Å²) in [6.45, 7) is 0. The molecule has 0 bridgehead atoms. The Morgan fingerprint density at radius 3 is 2.30 bits per heavy atom. The van der Waals surface area contributed by atoms with Gasteiger partial charge in [0.05, 0.1) is 5.56 Å². The van der Waals surface area contributed by atoms with Gasteiger partial charge in [0.1, 0.15) is 0 Å². The van der Waals surface area contributed by atoms with Crippen LogP contribution in [0.4, 0.5) is 11.6 Å². The fraction of sp³-hybridized carbons (Fsp3) is 0.267. The van der Waals surface area contributed by atoms with Crippen molar-refractivity contribution in [3.05, 3.63) is 47.8 Å². The van der Waals surface area contributed by atoms with Crippen LogP contribution < -0.4 is 5.32 Å². The average Bonchev–Trinajstić information content (AvgIpc) is 2.39. The van der Waals surface area contributed by atoms with Gasteiger partial charge in [-0.05, 0) is 48.6 Å². The van der Waals surface area contributed by atoms with E-state index >= 15 is 0 Å². The third kappa shape index (κ3) is 2.61. The minimum atomic E-state index is -0.933. The van der Waals surface area contributed by atoms with Gasteiger partial charge in [0.25, 0.3) is 0 Å². The molecule has 102 valence electrons. The summed E-state index contributed by atoms with van der Waals surface area (Å²) in [5.74, 6) is 0.215. The molecule has 0 aliphatic heterocycles. The third-order valence-electron chi connectivity index (χ3n) is 3.64. The second-order valence-electron chi connectivity index (χ2n) is 4.98. The predicted molar refractivity (Wildman–Crippen MR) is 75.3 cm³/mol. The van der Waals surface area contributed by atoms with Crippen LogP contribution in [0.25, 0.3) is 0 Å². The summed E-state index contributed by atoms with van der Waals surface area (Å²) in [6.07, 6.45) is 7.48. The van der Waals surface area contributed by atoms with E-state index in [9.17, 15) is 4.79 Å². The highest BCUT2D eigenvalue weighted by atomic mass is 16.4. The zero-order chi connectivity index (χ0) is 13.9. The molecule has 5 heteroatoms. The molecule has 1 aromatic carbocycles. The van der Waals surface area contributed by atoms with Crippen LogP contribution in [-0.2, 0) is 0 Å². The van der Waals surface area contributed by atoms with E-state index in [1.54, 1.807) is 24.3 Å². The molecule has 1 saturated carbocycles. The molecule has 3 rings (SSSR count). The van der Waals surface area contributed by atoms with E-state index in [-0.39, 0.29) is 5.56 Å². The fourth-order valence-electron chi connectivity index (χ4n) is 2.18. The number of carboxylic acid groups (broad SMARTS) is 1. The van der Waals surface area contributed by atoms with E-state index in [2.05, 4.69) is 15.3 Å². The van der Waals surface area contributed by atoms with Crippen molar-refractivity contribution in [1.29, 1.82) is 0 Å². The molecule has 0 spiro atoms. The van der Waals surface area contributed by atoms with Gasteiger partial charge in [-0.2, -0.15) is 0 Å². The molecule has 0 saturated heterocycles. The Bertz CT molecular complexity index is 604. The van der Waals surface area contributed by atoms with E-state index in [0.29, 0.717) is 11.9 Å². The Morgan fingerprint density at radius 1 is 1.15 bits per heavy atom. The van der Waals surface area contributed by atoms with Crippen LogP contribution in [0.2, 0.25) is 0 Å². The summed E-state index contributed by atoms with van der Waals surface area (Å²) >= 11 is 0. The lowest BCUT2D eigenvalue weighted by Gasteiger charge is -2.24. The number of benzene rings is 1. The van der Waals surface area contributed by atoms with Crippen molar-refractivity contribution in [2.75, 3.05) is 5.32 Å². The number of aromatic carboxylic acids is 1. The minimum Gasteiger partial charge on any atom is -0.478 e. The van der Waals surface area contributed by atoms with Crippen molar-refractivity contribution in [2.24, 2.45) is 0 Å². The summed E-state index contributed by atoms with van der Waals surface area (Å²) < 4.78 is 0. The molecule has 2 N–H and O–H groups in total. The molecule has 1 fully saturated rings. The van der Waals surface area contributed by atoms with E-state index in [1.165, 1.54) is 24.8 Å². The van der Waals surface area contributed by atoms with Gasteiger partial charge >= 0.3 is 5.97 Å². The lowest BCUT2D eigenvalue weighted by molar-refractivity contribution is 0.0697. The van der Waals surface area contributed by atoms with Crippen LogP contribution in [0.1, 0.15) is 41.1 Å². The largest absolute Gasteiger partial charge is 0.478 e. The first-order valence-electron chi connectivity index (χ1n) is 6.65. The molecular formula is C15H15N3O2. The first-order chi connectivity index (χ1) is 9.72.